The lowest BCUT2D eigenvalue weighted by Crippen LogP contribution is -1.84. The van der Waals surface area contributed by atoms with Crippen LogP contribution in [0.3, 0.4) is 0 Å². The lowest BCUT2D eigenvalue weighted by atomic mass is 10.1. The molecule has 1 aromatic rings. The Bertz CT molecular complexity index is 186. The van der Waals surface area contributed by atoms with Crippen LogP contribution >= 0.6 is 11.3 Å². The van der Waals surface area contributed by atoms with Crippen molar-refractivity contribution in [1.29, 1.82) is 0 Å². The van der Waals surface area contributed by atoms with E-state index in [1.54, 1.807) is 11.3 Å². The van der Waals surface area contributed by atoms with Crippen molar-refractivity contribution in [1.82, 2.24) is 4.98 Å². The summed E-state index contributed by atoms with van der Waals surface area (Å²) in [4.78, 5) is 5.36. The van der Waals surface area contributed by atoms with Crippen LogP contribution in [0.5, 0.6) is 0 Å². The van der Waals surface area contributed by atoms with Crippen LogP contribution in [0.2, 0.25) is 0 Å². The van der Waals surface area contributed by atoms with Gasteiger partial charge in [-0.15, -0.1) is 11.3 Å². The van der Waals surface area contributed by atoms with Crippen molar-refractivity contribution in [2.24, 2.45) is 0 Å². The molecule has 2 nitrogen and oxygen atoms in total. The summed E-state index contributed by atoms with van der Waals surface area (Å²) in [5.41, 5.74) is 1.87. The first-order valence-electron chi connectivity index (χ1n) is 4.39. The van der Waals surface area contributed by atoms with Gasteiger partial charge in [0.1, 0.15) is 0 Å². The van der Waals surface area contributed by atoms with Gasteiger partial charge in [-0.2, -0.15) is 0 Å². The highest BCUT2D eigenvalue weighted by molar-refractivity contribution is 7.09. The van der Waals surface area contributed by atoms with Gasteiger partial charge < -0.3 is 0 Å². The van der Waals surface area contributed by atoms with Crippen LogP contribution in [0.25, 0.3) is 0 Å². The van der Waals surface area contributed by atoms with E-state index in [0.29, 0.717) is 0 Å². The van der Waals surface area contributed by atoms with Gasteiger partial charge in [0.25, 0.3) is 0 Å². The average molecular weight is 184 g/mol. The number of aromatic nitrogens is 1. The zero-order valence-corrected chi connectivity index (χ0v) is 7.98. The van der Waals surface area contributed by atoms with E-state index in [1.165, 1.54) is 17.7 Å². The maximum Gasteiger partial charge on any atom is 0.0822 e. The van der Waals surface area contributed by atoms with Crippen LogP contribution in [0.4, 0.5) is 0 Å². The normalized spacial score (nSPS) is 10.4. The van der Waals surface area contributed by atoms with Gasteiger partial charge in [-0.1, -0.05) is 12.8 Å². The number of unbranched alkanes of at least 4 members (excludes halogenated alkanes) is 3. The largest absolute Gasteiger partial charge is 0.253 e. The first-order valence-corrected chi connectivity index (χ1v) is 5.27. The fourth-order valence-corrected chi connectivity index (χ4v) is 1.76. The zero-order chi connectivity index (χ0) is 8.65. The summed E-state index contributed by atoms with van der Waals surface area (Å²) in [6.07, 6.45) is 7.36. The molecule has 1 rings (SSSR count). The molecule has 67 valence electrons. The van der Waals surface area contributed by atoms with Crippen molar-refractivity contribution in [3.8, 4) is 0 Å². The molecule has 1 radical (unpaired) electrons. The molecule has 0 N–H and O–H groups in total. The Labute approximate surface area is 77.3 Å². The summed E-state index contributed by atoms with van der Waals surface area (Å²) >= 11 is 1.71. The molecule has 1 aromatic heterocycles. The maximum atomic E-state index is 10.1. The van der Waals surface area contributed by atoms with E-state index in [9.17, 15) is 5.11 Å². The number of hydrogen-bond donors (Lipinski definition) is 0. The topological polar surface area (TPSA) is 32.8 Å². The highest BCUT2D eigenvalue weighted by atomic mass is 32.1. The Morgan fingerprint density at radius 3 is 2.75 bits per heavy atom. The molecule has 3 heteroatoms. The number of nitrogens with zero attached hydrogens (tertiary/aromatic N) is 1. The molecule has 0 bridgehead atoms. The SMILES string of the molecule is [O]CCCCCCc1cncs1. The first kappa shape index (κ1) is 9.68. The Morgan fingerprint density at radius 2 is 2.08 bits per heavy atom. The third-order valence-electron chi connectivity index (χ3n) is 1.80. The predicted molar refractivity (Wildman–Crippen MR) is 49.8 cm³/mol. The van der Waals surface area contributed by atoms with Crippen molar-refractivity contribution >= 4 is 11.3 Å². The molecule has 0 unspecified atom stereocenters. The van der Waals surface area contributed by atoms with Crippen LogP contribution in [-0.4, -0.2) is 11.6 Å². The van der Waals surface area contributed by atoms with E-state index in [1.807, 2.05) is 11.7 Å². The predicted octanol–water partition coefficient (Wildman–Crippen LogP) is 2.68. The molecule has 12 heavy (non-hydrogen) atoms. The molecular weight excluding hydrogens is 170 g/mol. The van der Waals surface area contributed by atoms with E-state index in [4.69, 9.17) is 0 Å². The van der Waals surface area contributed by atoms with Crippen LogP contribution < -0.4 is 0 Å². The van der Waals surface area contributed by atoms with E-state index in [-0.39, 0.29) is 6.61 Å². The minimum absolute atomic E-state index is 0.0839. The standard InChI is InChI=1S/C9H14NOS/c11-6-4-2-1-3-5-9-7-10-8-12-9/h7-8H,1-6H2. The number of rotatable bonds is 6. The average Bonchev–Trinajstić information content (AvgIpc) is 2.57. The summed E-state index contributed by atoms with van der Waals surface area (Å²) in [7, 11) is 0. The van der Waals surface area contributed by atoms with Crippen LogP contribution in [0, 0.1) is 0 Å². The Hall–Kier alpha value is -0.410. The molecular formula is C9H14NOS. The van der Waals surface area contributed by atoms with Crippen LogP contribution in [-0.2, 0) is 11.5 Å². The highest BCUT2D eigenvalue weighted by Gasteiger charge is 1.94. The molecule has 0 fully saturated rings. The van der Waals surface area contributed by atoms with Gasteiger partial charge in [0.15, 0.2) is 0 Å². The summed E-state index contributed by atoms with van der Waals surface area (Å²) in [6.45, 7) is 0.0839. The molecule has 0 amide bonds. The quantitative estimate of drug-likeness (QED) is 0.626. The van der Waals surface area contributed by atoms with Gasteiger partial charge in [-0.05, 0) is 19.3 Å². The highest BCUT2D eigenvalue weighted by Crippen LogP contribution is 2.10. The number of thiazole rings is 1. The van der Waals surface area contributed by atoms with Crippen molar-refractivity contribution < 1.29 is 5.11 Å². The van der Waals surface area contributed by atoms with Gasteiger partial charge in [0, 0.05) is 11.1 Å². The number of aryl methyl sites for hydroxylation is 1. The van der Waals surface area contributed by atoms with E-state index >= 15 is 0 Å². The van der Waals surface area contributed by atoms with E-state index < -0.39 is 0 Å². The summed E-state index contributed by atoms with van der Waals surface area (Å²) in [5, 5.41) is 10.1. The fourth-order valence-electron chi connectivity index (χ4n) is 1.12. The second kappa shape index (κ2) is 6.14. The lowest BCUT2D eigenvalue weighted by molar-refractivity contribution is 0.186. The smallest absolute Gasteiger partial charge is 0.0822 e. The summed E-state index contributed by atoms with van der Waals surface area (Å²) in [5.74, 6) is 0. The van der Waals surface area contributed by atoms with Gasteiger partial charge in [-0.3, -0.25) is 4.98 Å². The molecule has 0 saturated carbocycles. The Kier molecular flexibility index (Phi) is 4.95. The first-order chi connectivity index (χ1) is 5.93. The van der Waals surface area contributed by atoms with E-state index in [2.05, 4.69) is 4.98 Å². The van der Waals surface area contributed by atoms with Gasteiger partial charge in [-0.25, -0.2) is 5.11 Å². The van der Waals surface area contributed by atoms with Crippen molar-refractivity contribution in [3.05, 3.63) is 16.6 Å². The third kappa shape index (κ3) is 3.83. The second-order valence-corrected chi connectivity index (χ2v) is 3.81. The zero-order valence-electron chi connectivity index (χ0n) is 7.16. The van der Waals surface area contributed by atoms with E-state index in [0.717, 1.165) is 19.3 Å². The molecule has 0 aliphatic heterocycles. The minimum atomic E-state index is 0.0839. The van der Waals surface area contributed by atoms with Crippen molar-refractivity contribution in [2.75, 3.05) is 6.61 Å². The monoisotopic (exact) mass is 184 g/mol. The molecule has 1 heterocycles. The Morgan fingerprint density at radius 1 is 1.25 bits per heavy atom. The fraction of sp³-hybridized carbons (Fsp3) is 0.667. The molecule has 0 aliphatic rings. The molecule has 0 aromatic carbocycles. The summed E-state index contributed by atoms with van der Waals surface area (Å²) < 4.78 is 0. The minimum Gasteiger partial charge on any atom is -0.253 e. The van der Waals surface area contributed by atoms with Gasteiger partial charge in [0.2, 0.25) is 0 Å². The molecule has 0 atom stereocenters. The summed E-state index contributed by atoms with van der Waals surface area (Å²) in [6, 6.07) is 0. The molecule has 0 saturated heterocycles. The van der Waals surface area contributed by atoms with Gasteiger partial charge >= 0.3 is 0 Å². The molecule has 0 spiro atoms. The van der Waals surface area contributed by atoms with Crippen molar-refractivity contribution in [3.63, 3.8) is 0 Å². The van der Waals surface area contributed by atoms with Crippen LogP contribution in [0.15, 0.2) is 11.7 Å². The van der Waals surface area contributed by atoms with Crippen LogP contribution in [0.1, 0.15) is 30.6 Å². The number of hydrogen-bond acceptors (Lipinski definition) is 2. The van der Waals surface area contributed by atoms with Gasteiger partial charge in [0.05, 0.1) is 12.1 Å². The molecule has 0 aliphatic carbocycles. The third-order valence-corrected chi connectivity index (χ3v) is 2.64. The lowest BCUT2D eigenvalue weighted by Gasteiger charge is -1.96. The second-order valence-electron chi connectivity index (χ2n) is 2.84. The maximum absolute atomic E-state index is 10.1. The van der Waals surface area contributed by atoms with Crippen molar-refractivity contribution in [2.45, 2.75) is 32.1 Å². The Balaban J connectivity index is 1.96.